The monoisotopic (exact) mass is 491 g/mol. The number of ether oxygens (including phenoxy) is 2. The summed E-state index contributed by atoms with van der Waals surface area (Å²) in [6.07, 6.45) is 0.709. The lowest BCUT2D eigenvalue weighted by Crippen LogP contribution is -2.35. The van der Waals surface area contributed by atoms with Gasteiger partial charge in [0.1, 0.15) is 10.8 Å². The summed E-state index contributed by atoms with van der Waals surface area (Å²) < 4.78 is 51.5. The summed E-state index contributed by atoms with van der Waals surface area (Å²) in [6.45, 7) is 2.80. The molecule has 0 saturated carbocycles. The highest BCUT2D eigenvalue weighted by atomic mass is 32.2. The second kappa shape index (κ2) is 10.2. The molecule has 0 atom stereocenters. The lowest BCUT2D eigenvalue weighted by Gasteiger charge is -2.21. The van der Waals surface area contributed by atoms with Crippen molar-refractivity contribution in [1.29, 1.82) is 0 Å². The molecule has 0 amide bonds. The van der Waals surface area contributed by atoms with Gasteiger partial charge in [-0.25, -0.2) is 17.8 Å². The van der Waals surface area contributed by atoms with Crippen molar-refractivity contribution in [2.75, 3.05) is 40.4 Å². The van der Waals surface area contributed by atoms with Gasteiger partial charge in [-0.15, -0.1) is 11.3 Å². The Labute approximate surface area is 197 Å². The van der Waals surface area contributed by atoms with Crippen molar-refractivity contribution >= 4 is 21.4 Å². The molecule has 33 heavy (non-hydrogen) atoms. The maximum atomic E-state index is 13.2. The Morgan fingerprint density at radius 3 is 2.55 bits per heavy atom. The second-order valence-electron chi connectivity index (χ2n) is 7.67. The van der Waals surface area contributed by atoms with Crippen LogP contribution in [0.2, 0.25) is 0 Å². The minimum absolute atomic E-state index is 0.119. The Bertz CT molecular complexity index is 1200. The molecule has 4 rings (SSSR count). The molecule has 1 aliphatic heterocycles. The van der Waals surface area contributed by atoms with Gasteiger partial charge in [-0.3, -0.25) is 4.90 Å². The average Bonchev–Trinajstić information content (AvgIpc) is 3.15. The number of benzene rings is 2. The van der Waals surface area contributed by atoms with Gasteiger partial charge in [-0.05, 0) is 49.4 Å². The number of para-hydroxylation sites is 1. The van der Waals surface area contributed by atoms with E-state index in [-0.39, 0.29) is 4.90 Å². The minimum Gasteiger partial charge on any atom is -0.493 e. The predicted molar refractivity (Wildman–Crippen MR) is 126 cm³/mol. The summed E-state index contributed by atoms with van der Waals surface area (Å²) >= 11 is 1.54. The first-order valence-electron chi connectivity index (χ1n) is 10.6. The van der Waals surface area contributed by atoms with Crippen LogP contribution >= 0.6 is 11.3 Å². The van der Waals surface area contributed by atoms with Crippen LogP contribution in [0.15, 0.2) is 52.7 Å². The molecule has 0 spiro atoms. The number of methoxy groups -OCH3 is 2. The molecule has 1 fully saturated rings. The fourth-order valence-corrected chi connectivity index (χ4v) is 6.19. The van der Waals surface area contributed by atoms with Crippen molar-refractivity contribution in [3.05, 3.63) is 59.4 Å². The largest absolute Gasteiger partial charge is 0.493 e. The number of hydrogen-bond donors (Lipinski definition) is 0. The molecule has 1 saturated heterocycles. The SMILES string of the molecule is COc1cccc(-c2nc(CN3CCCN(S(=O)(=O)c4ccc(F)cc4)CC3)cs2)c1OC. The zero-order chi connectivity index (χ0) is 23.4. The van der Waals surface area contributed by atoms with Gasteiger partial charge in [0.25, 0.3) is 0 Å². The molecule has 3 aromatic rings. The molecule has 0 N–H and O–H groups in total. The maximum Gasteiger partial charge on any atom is 0.243 e. The zero-order valence-electron chi connectivity index (χ0n) is 18.5. The van der Waals surface area contributed by atoms with Crippen molar-refractivity contribution in [1.82, 2.24) is 14.2 Å². The first-order chi connectivity index (χ1) is 15.9. The second-order valence-corrected chi connectivity index (χ2v) is 10.5. The highest BCUT2D eigenvalue weighted by molar-refractivity contribution is 7.89. The van der Waals surface area contributed by atoms with E-state index in [1.165, 1.54) is 39.9 Å². The molecule has 2 heterocycles. The third-order valence-electron chi connectivity index (χ3n) is 5.57. The number of nitrogens with zero attached hydrogens (tertiary/aromatic N) is 3. The summed E-state index contributed by atoms with van der Waals surface area (Å²) in [5, 5.41) is 2.86. The average molecular weight is 492 g/mol. The molecular weight excluding hydrogens is 465 g/mol. The summed E-state index contributed by atoms with van der Waals surface area (Å²) in [4.78, 5) is 7.12. The van der Waals surface area contributed by atoms with Crippen LogP contribution in [-0.2, 0) is 16.6 Å². The van der Waals surface area contributed by atoms with E-state index in [2.05, 4.69) is 4.90 Å². The van der Waals surface area contributed by atoms with Crippen molar-refractivity contribution in [3.8, 4) is 22.1 Å². The van der Waals surface area contributed by atoms with E-state index in [0.717, 1.165) is 22.8 Å². The molecule has 1 aromatic heterocycles. The highest BCUT2D eigenvalue weighted by Crippen LogP contribution is 2.39. The molecule has 1 aliphatic rings. The lowest BCUT2D eigenvalue weighted by molar-refractivity contribution is 0.276. The quantitative estimate of drug-likeness (QED) is 0.500. The number of thiazole rings is 1. The van der Waals surface area contributed by atoms with E-state index in [1.807, 2.05) is 23.6 Å². The number of halogens is 1. The van der Waals surface area contributed by atoms with Crippen LogP contribution in [0.4, 0.5) is 4.39 Å². The minimum atomic E-state index is -3.64. The molecule has 0 aliphatic carbocycles. The van der Waals surface area contributed by atoms with Crippen LogP contribution in [0, 0.1) is 5.82 Å². The van der Waals surface area contributed by atoms with Crippen molar-refractivity contribution in [3.63, 3.8) is 0 Å². The fourth-order valence-electron chi connectivity index (χ4n) is 3.89. The van der Waals surface area contributed by atoms with Gasteiger partial charge in [0.05, 0.1) is 30.4 Å². The van der Waals surface area contributed by atoms with E-state index in [0.29, 0.717) is 44.1 Å². The Morgan fingerprint density at radius 1 is 1.03 bits per heavy atom. The molecule has 2 aromatic carbocycles. The van der Waals surface area contributed by atoms with E-state index < -0.39 is 15.8 Å². The van der Waals surface area contributed by atoms with Crippen molar-refractivity contribution < 1.29 is 22.3 Å². The molecule has 0 radical (unpaired) electrons. The van der Waals surface area contributed by atoms with E-state index in [9.17, 15) is 12.8 Å². The normalized spacial score (nSPS) is 15.8. The van der Waals surface area contributed by atoms with Crippen LogP contribution < -0.4 is 9.47 Å². The Balaban J connectivity index is 1.44. The topological polar surface area (TPSA) is 72.0 Å². The van der Waals surface area contributed by atoms with Gasteiger partial charge in [0.15, 0.2) is 11.5 Å². The van der Waals surface area contributed by atoms with Gasteiger partial charge in [-0.2, -0.15) is 4.31 Å². The van der Waals surface area contributed by atoms with Crippen LogP contribution in [-0.4, -0.2) is 63.0 Å². The number of sulfonamides is 1. The number of rotatable bonds is 7. The van der Waals surface area contributed by atoms with Gasteiger partial charge >= 0.3 is 0 Å². The van der Waals surface area contributed by atoms with Gasteiger partial charge in [0.2, 0.25) is 10.0 Å². The molecule has 0 unspecified atom stereocenters. The molecule has 176 valence electrons. The van der Waals surface area contributed by atoms with Crippen LogP contribution in [0.5, 0.6) is 11.5 Å². The lowest BCUT2D eigenvalue weighted by atomic mass is 10.2. The first-order valence-corrected chi connectivity index (χ1v) is 12.9. The Kier molecular flexibility index (Phi) is 7.28. The Morgan fingerprint density at radius 2 is 1.82 bits per heavy atom. The number of aromatic nitrogens is 1. The fraction of sp³-hybridized carbons (Fsp3) is 0.348. The summed E-state index contributed by atoms with van der Waals surface area (Å²) in [5.74, 6) is 0.851. The Hall–Kier alpha value is -2.53. The van der Waals surface area contributed by atoms with Gasteiger partial charge < -0.3 is 9.47 Å². The molecule has 10 heteroatoms. The van der Waals surface area contributed by atoms with Gasteiger partial charge in [-0.1, -0.05) is 6.07 Å². The number of hydrogen-bond acceptors (Lipinski definition) is 7. The van der Waals surface area contributed by atoms with Crippen molar-refractivity contribution in [2.45, 2.75) is 17.9 Å². The standard InChI is InChI=1S/C23H26FN3O4S2/c1-30-21-6-3-5-20(22(21)31-2)23-25-18(16-32-23)15-26-11-4-12-27(14-13-26)33(28,29)19-9-7-17(24)8-10-19/h3,5-10,16H,4,11-15H2,1-2H3. The van der Waals surface area contributed by atoms with E-state index >= 15 is 0 Å². The third kappa shape index (κ3) is 5.19. The van der Waals surface area contributed by atoms with Gasteiger partial charge in [0, 0.05) is 31.6 Å². The van der Waals surface area contributed by atoms with Crippen molar-refractivity contribution in [2.24, 2.45) is 0 Å². The highest BCUT2D eigenvalue weighted by Gasteiger charge is 2.27. The summed E-state index contributed by atoms with van der Waals surface area (Å²) in [7, 11) is -0.429. The van der Waals surface area contributed by atoms with E-state index in [1.54, 1.807) is 14.2 Å². The zero-order valence-corrected chi connectivity index (χ0v) is 20.2. The molecule has 0 bridgehead atoms. The smallest absolute Gasteiger partial charge is 0.243 e. The summed E-state index contributed by atoms with van der Waals surface area (Å²) in [6, 6.07) is 10.7. The predicted octanol–water partition coefficient (Wildman–Crippen LogP) is 3.86. The molecular formula is C23H26FN3O4S2. The van der Waals surface area contributed by atoms with Crippen LogP contribution in [0.25, 0.3) is 10.6 Å². The van der Waals surface area contributed by atoms with Crippen LogP contribution in [0.1, 0.15) is 12.1 Å². The first kappa shape index (κ1) is 23.6. The van der Waals surface area contributed by atoms with Crippen LogP contribution in [0.3, 0.4) is 0 Å². The summed E-state index contributed by atoms with van der Waals surface area (Å²) in [5.41, 5.74) is 1.80. The maximum absolute atomic E-state index is 13.2. The van der Waals surface area contributed by atoms with E-state index in [4.69, 9.17) is 14.5 Å². The molecule has 7 nitrogen and oxygen atoms in total. The third-order valence-corrected chi connectivity index (χ3v) is 8.41.